The summed E-state index contributed by atoms with van der Waals surface area (Å²) < 4.78 is 21.5. The minimum absolute atomic E-state index is 0.0772. The second-order valence-electron chi connectivity index (χ2n) is 5.47. The Morgan fingerprint density at radius 2 is 2.05 bits per heavy atom. The predicted molar refractivity (Wildman–Crippen MR) is 79.1 cm³/mol. The van der Waals surface area contributed by atoms with Gasteiger partial charge in [-0.1, -0.05) is 18.1 Å². The van der Waals surface area contributed by atoms with Crippen LogP contribution in [0.3, 0.4) is 0 Å². The van der Waals surface area contributed by atoms with Gasteiger partial charge in [0.15, 0.2) is 17.3 Å². The molecule has 1 aromatic heterocycles. The molecular formula is C16H20N2O4. The van der Waals surface area contributed by atoms with E-state index in [-0.39, 0.29) is 6.10 Å². The Morgan fingerprint density at radius 1 is 1.23 bits per heavy atom. The summed E-state index contributed by atoms with van der Waals surface area (Å²) >= 11 is 0. The monoisotopic (exact) mass is 304 g/mol. The molecule has 118 valence electrons. The van der Waals surface area contributed by atoms with Crippen LogP contribution < -0.4 is 9.47 Å². The van der Waals surface area contributed by atoms with Crippen molar-refractivity contribution in [3.05, 3.63) is 35.5 Å². The molecule has 0 bridgehead atoms. The highest BCUT2D eigenvalue weighted by atomic mass is 16.5. The summed E-state index contributed by atoms with van der Waals surface area (Å²) in [6.45, 7) is 2.88. The van der Waals surface area contributed by atoms with Crippen LogP contribution in [0.1, 0.15) is 36.7 Å². The molecule has 22 heavy (non-hydrogen) atoms. The minimum Gasteiger partial charge on any atom is -0.493 e. The first-order valence-corrected chi connectivity index (χ1v) is 7.36. The number of hydrogen-bond donors (Lipinski definition) is 0. The van der Waals surface area contributed by atoms with Gasteiger partial charge in [0, 0.05) is 13.0 Å². The van der Waals surface area contributed by atoms with Crippen molar-refractivity contribution in [3.8, 4) is 11.5 Å². The van der Waals surface area contributed by atoms with E-state index in [2.05, 4.69) is 17.1 Å². The standard InChI is InChI=1S/C16H20N2O4/c1-10-6-7-21-15(10)16-17-14(18-22-16)9-11-4-5-12(19-2)13(8-11)20-3/h4-5,8,10,15H,6-7,9H2,1-3H3/t10-,15-/m0/s1. The molecule has 2 aromatic rings. The lowest BCUT2D eigenvalue weighted by molar-refractivity contribution is 0.0661. The molecule has 0 unspecified atom stereocenters. The van der Waals surface area contributed by atoms with E-state index >= 15 is 0 Å². The molecule has 1 aliphatic rings. The highest BCUT2D eigenvalue weighted by Crippen LogP contribution is 2.33. The van der Waals surface area contributed by atoms with Gasteiger partial charge in [0.2, 0.25) is 0 Å². The lowest BCUT2D eigenvalue weighted by Crippen LogP contribution is -2.04. The summed E-state index contributed by atoms with van der Waals surface area (Å²) in [6, 6.07) is 5.76. The van der Waals surface area contributed by atoms with Crippen molar-refractivity contribution in [2.24, 2.45) is 5.92 Å². The van der Waals surface area contributed by atoms with Crippen LogP contribution in [-0.4, -0.2) is 31.0 Å². The Balaban J connectivity index is 1.75. The zero-order valence-corrected chi connectivity index (χ0v) is 13.0. The molecule has 0 N–H and O–H groups in total. The summed E-state index contributed by atoms with van der Waals surface area (Å²) in [5, 5.41) is 4.05. The molecule has 6 nitrogen and oxygen atoms in total. The maximum absolute atomic E-state index is 5.65. The molecule has 1 saturated heterocycles. The molecule has 2 atom stereocenters. The van der Waals surface area contributed by atoms with Gasteiger partial charge >= 0.3 is 0 Å². The molecular weight excluding hydrogens is 284 g/mol. The Morgan fingerprint density at radius 3 is 2.73 bits per heavy atom. The molecule has 1 fully saturated rings. The molecule has 0 aliphatic carbocycles. The summed E-state index contributed by atoms with van der Waals surface area (Å²) in [4.78, 5) is 4.46. The van der Waals surface area contributed by atoms with E-state index in [1.807, 2.05) is 18.2 Å². The van der Waals surface area contributed by atoms with Crippen LogP contribution in [0.25, 0.3) is 0 Å². The SMILES string of the molecule is COc1ccc(Cc2noc([C@H]3OCC[C@@H]3C)n2)cc1OC. The fourth-order valence-corrected chi connectivity index (χ4v) is 2.64. The van der Waals surface area contributed by atoms with E-state index < -0.39 is 0 Å². The van der Waals surface area contributed by atoms with Crippen LogP contribution in [0.5, 0.6) is 11.5 Å². The molecule has 0 amide bonds. The van der Waals surface area contributed by atoms with E-state index in [1.165, 1.54) is 0 Å². The normalized spacial score (nSPS) is 21.0. The molecule has 3 rings (SSSR count). The van der Waals surface area contributed by atoms with Crippen LogP contribution in [0, 0.1) is 5.92 Å². The summed E-state index contributed by atoms with van der Waals surface area (Å²) in [5.74, 6) is 3.02. The van der Waals surface area contributed by atoms with Crippen LogP contribution in [-0.2, 0) is 11.2 Å². The number of ether oxygens (including phenoxy) is 3. The Kier molecular flexibility index (Phi) is 4.29. The van der Waals surface area contributed by atoms with Crippen molar-refractivity contribution in [1.29, 1.82) is 0 Å². The van der Waals surface area contributed by atoms with Gasteiger partial charge in [0.1, 0.15) is 6.10 Å². The van der Waals surface area contributed by atoms with Crippen LogP contribution >= 0.6 is 0 Å². The molecule has 2 heterocycles. The van der Waals surface area contributed by atoms with Gasteiger partial charge in [-0.15, -0.1) is 0 Å². The van der Waals surface area contributed by atoms with E-state index in [0.717, 1.165) is 18.6 Å². The second-order valence-corrected chi connectivity index (χ2v) is 5.47. The highest BCUT2D eigenvalue weighted by molar-refractivity contribution is 5.43. The first-order valence-electron chi connectivity index (χ1n) is 7.36. The van der Waals surface area contributed by atoms with Crippen molar-refractivity contribution in [2.45, 2.75) is 25.9 Å². The lowest BCUT2D eigenvalue weighted by Gasteiger charge is -2.08. The van der Waals surface area contributed by atoms with Gasteiger partial charge in [0.25, 0.3) is 5.89 Å². The molecule has 1 aliphatic heterocycles. The number of rotatable bonds is 5. The van der Waals surface area contributed by atoms with E-state index in [4.69, 9.17) is 18.7 Å². The number of hydrogen-bond acceptors (Lipinski definition) is 6. The largest absolute Gasteiger partial charge is 0.493 e. The van der Waals surface area contributed by atoms with Crippen molar-refractivity contribution in [1.82, 2.24) is 10.1 Å². The Labute approximate surface area is 129 Å². The first kappa shape index (κ1) is 14.8. The van der Waals surface area contributed by atoms with Crippen LogP contribution in [0.2, 0.25) is 0 Å². The van der Waals surface area contributed by atoms with Crippen molar-refractivity contribution < 1.29 is 18.7 Å². The third kappa shape index (κ3) is 2.92. The smallest absolute Gasteiger partial charge is 0.256 e. The van der Waals surface area contributed by atoms with Crippen LogP contribution in [0.4, 0.5) is 0 Å². The molecule has 0 radical (unpaired) electrons. The Hall–Kier alpha value is -2.08. The number of aromatic nitrogens is 2. The summed E-state index contributed by atoms with van der Waals surface area (Å²) in [5.41, 5.74) is 1.03. The zero-order chi connectivity index (χ0) is 15.5. The maximum Gasteiger partial charge on any atom is 0.256 e. The van der Waals surface area contributed by atoms with Gasteiger partial charge in [0.05, 0.1) is 14.2 Å². The fourth-order valence-electron chi connectivity index (χ4n) is 2.64. The third-order valence-electron chi connectivity index (χ3n) is 3.92. The molecule has 0 saturated carbocycles. The summed E-state index contributed by atoms with van der Waals surface area (Å²) in [6.07, 6.45) is 1.52. The average Bonchev–Trinajstić information content (AvgIpc) is 3.15. The second kappa shape index (κ2) is 6.36. The quantitative estimate of drug-likeness (QED) is 0.846. The molecule has 0 spiro atoms. The topological polar surface area (TPSA) is 66.6 Å². The van der Waals surface area contributed by atoms with Gasteiger partial charge in [-0.2, -0.15) is 4.98 Å². The van der Waals surface area contributed by atoms with Crippen molar-refractivity contribution in [2.75, 3.05) is 20.8 Å². The zero-order valence-electron chi connectivity index (χ0n) is 13.0. The van der Waals surface area contributed by atoms with Gasteiger partial charge in [-0.3, -0.25) is 0 Å². The maximum atomic E-state index is 5.65. The minimum atomic E-state index is -0.0772. The highest BCUT2D eigenvalue weighted by Gasteiger charge is 2.30. The molecule has 6 heteroatoms. The number of nitrogens with zero attached hydrogens (tertiary/aromatic N) is 2. The number of benzene rings is 1. The third-order valence-corrected chi connectivity index (χ3v) is 3.92. The lowest BCUT2D eigenvalue weighted by atomic mass is 10.0. The number of methoxy groups -OCH3 is 2. The summed E-state index contributed by atoms with van der Waals surface area (Å²) in [7, 11) is 3.23. The van der Waals surface area contributed by atoms with Gasteiger partial charge in [-0.05, 0) is 30.0 Å². The molecule has 1 aromatic carbocycles. The first-order chi connectivity index (χ1) is 10.7. The van der Waals surface area contributed by atoms with E-state index in [0.29, 0.717) is 35.6 Å². The van der Waals surface area contributed by atoms with E-state index in [1.54, 1.807) is 14.2 Å². The van der Waals surface area contributed by atoms with Crippen molar-refractivity contribution in [3.63, 3.8) is 0 Å². The average molecular weight is 304 g/mol. The fraction of sp³-hybridized carbons (Fsp3) is 0.500. The van der Waals surface area contributed by atoms with Crippen LogP contribution in [0.15, 0.2) is 22.7 Å². The van der Waals surface area contributed by atoms with Gasteiger partial charge < -0.3 is 18.7 Å². The Bertz CT molecular complexity index is 641. The van der Waals surface area contributed by atoms with Crippen molar-refractivity contribution >= 4 is 0 Å². The predicted octanol–water partition coefficient (Wildman–Crippen LogP) is 2.78. The van der Waals surface area contributed by atoms with E-state index in [9.17, 15) is 0 Å². The van der Waals surface area contributed by atoms with Gasteiger partial charge in [-0.25, -0.2) is 0 Å².